The Hall–Kier alpha value is -3.48. The zero-order chi connectivity index (χ0) is 19.5. The molecule has 0 spiro atoms. The van der Waals surface area contributed by atoms with Gasteiger partial charge in [-0.25, -0.2) is 9.97 Å². The molecule has 0 saturated carbocycles. The average Bonchev–Trinajstić information content (AvgIpc) is 3.02. The molecule has 4 rings (SSSR count). The van der Waals surface area contributed by atoms with Gasteiger partial charge in [-0.05, 0) is 25.1 Å². The first-order chi connectivity index (χ1) is 13.7. The van der Waals surface area contributed by atoms with Gasteiger partial charge in [-0.15, -0.1) is 0 Å². The summed E-state index contributed by atoms with van der Waals surface area (Å²) in [5, 5.41) is 3.60. The van der Waals surface area contributed by atoms with Gasteiger partial charge in [0.15, 0.2) is 5.65 Å². The summed E-state index contributed by atoms with van der Waals surface area (Å²) in [7, 11) is 0. The number of carbonyl (C=O) groups is 2. The Kier molecular flexibility index (Phi) is 4.89. The monoisotopic (exact) mass is 376 g/mol. The Morgan fingerprint density at radius 2 is 1.75 bits per heavy atom. The molecule has 0 atom stereocenters. The molecule has 7 nitrogen and oxygen atoms in total. The summed E-state index contributed by atoms with van der Waals surface area (Å²) in [6, 6.07) is 15.7. The molecule has 0 aliphatic heterocycles. The number of fused-ring (bicyclic) bond motifs is 4. The Labute approximate surface area is 161 Å². The number of hydrogen-bond acceptors (Lipinski definition) is 5. The number of aryl methyl sites for hydroxylation is 1. The van der Waals surface area contributed by atoms with E-state index in [0.717, 1.165) is 33.1 Å². The summed E-state index contributed by atoms with van der Waals surface area (Å²) in [5.74, 6) is -0.655. The molecule has 2 aromatic carbocycles. The second-order valence-corrected chi connectivity index (χ2v) is 6.39. The van der Waals surface area contributed by atoms with Gasteiger partial charge >= 0.3 is 5.97 Å². The van der Waals surface area contributed by atoms with Crippen LogP contribution in [-0.4, -0.2) is 39.6 Å². The van der Waals surface area contributed by atoms with Gasteiger partial charge in [0.05, 0.1) is 23.2 Å². The summed E-state index contributed by atoms with van der Waals surface area (Å²) >= 11 is 0. The van der Waals surface area contributed by atoms with Crippen LogP contribution in [0.15, 0.2) is 48.5 Å². The zero-order valence-electron chi connectivity index (χ0n) is 15.5. The van der Waals surface area contributed by atoms with Crippen molar-refractivity contribution >= 4 is 45.0 Å². The zero-order valence-corrected chi connectivity index (χ0v) is 15.5. The molecule has 2 heterocycles. The maximum atomic E-state index is 12.2. The second kappa shape index (κ2) is 7.64. The van der Waals surface area contributed by atoms with E-state index in [-0.39, 0.29) is 18.9 Å². The van der Waals surface area contributed by atoms with Crippen molar-refractivity contribution in [2.45, 2.75) is 19.9 Å². The largest absolute Gasteiger partial charge is 0.465 e. The van der Waals surface area contributed by atoms with Crippen LogP contribution in [0.2, 0.25) is 0 Å². The molecule has 142 valence electrons. The van der Waals surface area contributed by atoms with E-state index < -0.39 is 5.97 Å². The van der Waals surface area contributed by atoms with E-state index in [2.05, 4.69) is 5.32 Å². The molecule has 0 radical (unpaired) electrons. The van der Waals surface area contributed by atoms with Crippen molar-refractivity contribution in [1.82, 2.24) is 19.9 Å². The molecule has 1 N–H and O–H groups in total. The van der Waals surface area contributed by atoms with Gasteiger partial charge in [-0.1, -0.05) is 30.3 Å². The predicted octanol–water partition coefficient (Wildman–Crippen LogP) is 2.81. The highest BCUT2D eigenvalue weighted by molar-refractivity contribution is 6.06. The van der Waals surface area contributed by atoms with Crippen LogP contribution in [0.5, 0.6) is 0 Å². The molecule has 2 aromatic heterocycles. The maximum absolute atomic E-state index is 12.2. The number of carbonyl (C=O) groups excluding carboxylic acids is 2. The normalized spacial score (nSPS) is 11.2. The summed E-state index contributed by atoms with van der Waals surface area (Å²) in [5.41, 5.74) is 4.20. The highest BCUT2D eigenvalue weighted by Gasteiger charge is 2.15. The van der Waals surface area contributed by atoms with Crippen LogP contribution >= 0.6 is 0 Å². The predicted molar refractivity (Wildman–Crippen MR) is 107 cm³/mol. The molecule has 0 saturated heterocycles. The topological polar surface area (TPSA) is 86.1 Å². The molecular weight excluding hydrogens is 356 g/mol. The molecule has 0 unspecified atom stereocenters. The van der Waals surface area contributed by atoms with E-state index in [0.29, 0.717) is 13.2 Å². The van der Waals surface area contributed by atoms with Crippen LogP contribution in [-0.2, 0) is 20.9 Å². The summed E-state index contributed by atoms with van der Waals surface area (Å²) < 4.78 is 6.83. The van der Waals surface area contributed by atoms with Gasteiger partial charge < -0.3 is 14.6 Å². The van der Waals surface area contributed by atoms with Crippen LogP contribution in [0.3, 0.4) is 0 Å². The van der Waals surface area contributed by atoms with Gasteiger partial charge in [0, 0.05) is 18.4 Å². The van der Waals surface area contributed by atoms with Crippen LogP contribution in [0, 0.1) is 0 Å². The third kappa shape index (κ3) is 3.38. The minimum atomic E-state index is -0.440. The minimum Gasteiger partial charge on any atom is -0.465 e. The van der Waals surface area contributed by atoms with E-state index in [1.807, 2.05) is 53.1 Å². The van der Waals surface area contributed by atoms with Gasteiger partial charge in [0.2, 0.25) is 5.91 Å². The SMILES string of the molecule is CCOC(=O)CNC(=O)CCn1c2ccccc2c2nc3ccccc3nc21. The van der Waals surface area contributed by atoms with Crippen LogP contribution in [0.25, 0.3) is 33.1 Å². The average molecular weight is 376 g/mol. The number of amides is 1. The lowest BCUT2D eigenvalue weighted by Crippen LogP contribution is -2.31. The number of rotatable bonds is 6. The number of esters is 1. The highest BCUT2D eigenvalue weighted by Crippen LogP contribution is 2.28. The number of benzene rings is 2. The Balaban J connectivity index is 1.64. The third-order valence-electron chi connectivity index (χ3n) is 4.56. The van der Waals surface area contributed by atoms with Crippen molar-refractivity contribution in [2.24, 2.45) is 0 Å². The third-order valence-corrected chi connectivity index (χ3v) is 4.56. The number of nitrogens with zero attached hydrogens (tertiary/aromatic N) is 3. The van der Waals surface area contributed by atoms with Crippen molar-refractivity contribution in [1.29, 1.82) is 0 Å². The first-order valence-corrected chi connectivity index (χ1v) is 9.23. The fourth-order valence-corrected chi connectivity index (χ4v) is 3.29. The molecule has 0 aliphatic carbocycles. The second-order valence-electron chi connectivity index (χ2n) is 6.39. The van der Waals surface area contributed by atoms with Gasteiger partial charge in [0.25, 0.3) is 0 Å². The first kappa shape index (κ1) is 17.9. The number of para-hydroxylation sites is 3. The molecule has 4 aromatic rings. The smallest absolute Gasteiger partial charge is 0.325 e. The summed E-state index contributed by atoms with van der Waals surface area (Å²) in [6.07, 6.45) is 0.224. The van der Waals surface area contributed by atoms with Crippen molar-refractivity contribution in [3.05, 3.63) is 48.5 Å². The summed E-state index contributed by atoms with van der Waals surface area (Å²) in [4.78, 5) is 33.1. The molecular formula is C21H20N4O3. The van der Waals surface area contributed by atoms with Crippen molar-refractivity contribution < 1.29 is 14.3 Å². The van der Waals surface area contributed by atoms with Gasteiger partial charge in [-0.2, -0.15) is 0 Å². The first-order valence-electron chi connectivity index (χ1n) is 9.23. The van der Waals surface area contributed by atoms with Gasteiger partial charge in [0.1, 0.15) is 12.1 Å². The Morgan fingerprint density at radius 1 is 1.04 bits per heavy atom. The number of hydrogen-bond donors (Lipinski definition) is 1. The molecule has 0 fully saturated rings. The van der Waals surface area contributed by atoms with E-state index in [4.69, 9.17) is 14.7 Å². The van der Waals surface area contributed by atoms with E-state index >= 15 is 0 Å². The van der Waals surface area contributed by atoms with Crippen molar-refractivity contribution in [2.75, 3.05) is 13.2 Å². The fraction of sp³-hybridized carbons (Fsp3) is 0.238. The number of aromatic nitrogens is 3. The molecule has 28 heavy (non-hydrogen) atoms. The molecule has 0 aliphatic rings. The lowest BCUT2D eigenvalue weighted by molar-refractivity contribution is -0.143. The van der Waals surface area contributed by atoms with E-state index in [1.165, 1.54) is 0 Å². The minimum absolute atomic E-state index is 0.121. The molecule has 7 heteroatoms. The molecule has 0 bridgehead atoms. The van der Waals surface area contributed by atoms with Crippen LogP contribution in [0.4, 0.5) is 0 Å². The van der Waals surface area contributed by atoms with Crippen molar-refractivity contribution in [3.63, 3.8) is 0 Å². The van der Waals surface area contributed by atoms with Crippen LogP contribution < -0.4 is 5.32 Å². The quantitative estimate of drug-likeness (QED) is 0.523. The standard InChI is InChI=1S/C21H20N4O3/c1-2-28-19(27)13-22-18(26)11-12-25-17-10-6-3-7-14(17)20-21(25)24-16-9-5-4-8-15(16)23-20/h3-10H,2,11-13H2,1H3,(H,22,26). The number of ether oxygens (including phenoxy) is 1. The summed E-state index contributed by atoms with van der Waals surface area (Å²) in [6.45, 7) is 2.34. The van der Waals surface area contributed by atoms with Crippen LogP contribution in [0.1, 0.15) is 13.3 Å². The van der Waals surface area contributed by atoms with Gasteiger partial charge in [-0.3, -0.25) is 9.59 Å². The van der Waals surface area contributed by atoms with E-state index in [9.17, 15) is 9.59 Å². The van der Waals surface area contributed by atoms with E-state index in [1.54, 1.807) is 6.92 Å². The lowest BCUT2D eigenvalue weighted by atomic mass is 10.2. The number of nitrogens with one attached hydrogen (secondary N) is 1. The fourth-order valence-electron chi connectivity index (χ4n) is 3.29. The lowest BCUT2D eigenvalue weighted by Gasteiger charge is -2.08. The maximum Gasteiger partial charge on any atom is 0.325 e. The van der Waals surface area contributed by atoms with Crippen molar-refractivity contribution in [3.8, 4) is 0 Å². The Bertz CT molecular complexity index is 1180. The highest BCUT2D eigenvalue weighted by atomic mass is 16.5. The Morgan fingerprint density at radius 3 is 2.54 bits per heavy atom. The molecule has 1 amide bonds.